The molecule has 0 radical (unpaired) electrons. The van der Waals surface area contributed by atoms with E-state index in [2.05, 4.69) is 5.10 Å². The molecule has 0 bridgehead atoms. The number of carboxylic acid groups (broad SMARTS) is 1. The van der Waals surface area contributed by atoms with Crippen LogP contribution in [0.2, 0.25) is 0 Å². The molecule has 0 unspecified atom stereocenters. The molecular weight excluding hydrogens is 454 g/mol. The number of hydrogen-bond donors (Lipinski definition) is 1. The number of hydrazone groups is 1. The third kappa shape index (κ3) is 7.26. The van der Waals surface area contributed by atoms with Crippen LogP contribution in [0.25, 0.3) is 5.57 Å². The second-order valence-corrected chi connectivity index (χ2v) is 6.89. The van der Waals surface area contributed by atoms with E-state index in [0.29, 0.717) is 18.6 Å². The fraction of sp³-hybridized carbons (Fsp3) is 0.273. The van der Waals surface area contributed by atoms with Gasteiger partial charge < -0.3 is 9.52 Å². The minimum atomic E-state index is -5.01. The van der Waals surface area contributed by atoms with Gasteiger partial charge in [-0.15, -0.1) is 0 Å². The van der Waals surface area contributed by atoms with Crippen molar-refractivity contribution in [2.75, 3.05) is 0 Å². The molecule has 1 aromatic heterocycles. The highest BCUT2D eigenvalue weighted by molar-refractivity contribution is 6.15. The molecule has 0 fully saturated rings. The second kappa shape index (κ2) is 10.4. The van der Waals surface area contributed by atoms with E-state index in [1.165, 1.54) is 31.7 Å². The summed E-state index contributed by atoms with van der Waals surface area (Å²) in [6.45, 7) is 3.11. The molecule has 178 valence electrons. The van der Waals surface area contributed by atoms with Crippen molar-refractivity contribution in [1.82, 2.24) is 5.01 Å². The molecule has 0 aliphatic rings. The maximum absolute atomic E-state index is 13.2. The van der Waals surface area contributed by atoms with Gasteiger partial charge in [-0.05, 0) is 43.2 Å². The normalized spacial score (nSPS) is 13.6. The van der Waals surface area contributed by atoms with Gasteiger partial charge in [-0.1, -0.05) is 19.4 Å². The van der Waals surface area contributed by atoms with Gasteiger partial charge in [0.2, 0.25) is 0 Å². The summed E-state index contributed by atoms with van der Waals surface area (Å²) < 4.78 is 83.9. The number of rotatable bonds is 8. The van der Waals surface area contributed by atoms with Gasteiger partial charge >= 0.3 is 18.3 Å². The summed E-state index contributed by atoms with van der Waals surface area (Å²) in [5.41, 5.74) is -3.62. The van der Waals surface area contributed by atoms with E-state index in [-0.39, 0.29) is 22.9 Å². The van der Waals surface area contributed by atoms with E-state index in [1.54, 1.807) is 6.08 Å². The monoisotopic (exact) mass is 474 g/mol. The summed E-state index contributed by atoms with van der Waals surface area (Å²) >= 11 is 0. The highest BCUT2D eigenvalue weighted by Crippen LogP contribution is 2.36. The lowest BCUT2D eigenvalue weighted by molar-refractivity contribution is -0.143. The van der Waals surface area contributed by atoms with Crippen LogP contribution in [0.4, 0.5) is 26.3 Å². The van der Waals surface area contributed by atoms with Crippen LogP contribution < -0.4 is 0 Å². The minimum Gasteiger partial charge on any atom is -0.478 e. The van der Waals surface area contributed by atoms with E-state index >= 15 is 0 Å². The van der Waals surface area contributed by atoms with Crippen LogP contribution in [0.1, 0.15) is 48.9 Å². The van der Waals surface area contributed by atoms with Gasteiger partial charge in [0.1, 0.15) is 0 Å². The van der Waals surface area contributed by atoms with E-state index < -0.39 is 35.0 Å². The lowest BCUT2D eigenvalue weighted by atomic mass is 10.0. The molecule has 0 saturated carbocycles. The third-order valence-corrected chi connectivity index (χ3v) is 4.31. The average Bonchev–Trinajstić information content (AvgIpc) is 3.24. The Hall–Kier alpha value is -3.50. The summed E-state index contributed by atoms with van der Waals surface area (Å²) in [7, 11) is 0. The summed E-state index contributed by atoms with van der Waals surface area (Å²) in [5, 5.41) is 14.6. The molecule has 0 saturated heterocycles. The van der Waals surface area contributed by atoms with Crippen molar-refractivity contribution in [2.24, 2.45) is 5.10 Å². The number of carboxylic acids is 1. The lowest BCUT2D eigenvalue weighted by Gasteiger charge is -2.16. The number of unbranched alkanes of at least 4 members (excludes halogenated alkanes) is 1. The topological polar surface area (TPSA) is 66.0 Å². The molecule has 2 aromatic rings. The van der Waals surface area contributed by atoms with Crippen molar-refractivity contribution in [2.45, 2.75) is 39.0 Å². The Morgan fingerprint density at radius 3 is 2.15 bits per heavy atom. The van der Waals surface area contributed by atoms with Crippen LogP contribution in [-0.2, 0) is 17.1 Å². The summed E-state index contributed by atoms with van der Waals surface area (Å²) in [6.07, 6.45) is -2.18. The zero-order valence-corrected chi connectivity index (χ0v) is 17.5. The lowest BCUT2D eigenvalue weighted by Crippen LogP contribution is -2.14. The molecule has 0 aliphatic carbocycles. The van der Waals surface area contributed by atoms with Gasteiger partial charge in [0, 0.05) is 18.0 Å². The van der Waals surface area contributed by atoms with Gasteiger partial charge in [0.15, 0.2) is 0 Å². The maximum Gasteiger partial charge on any atom is 0.416 e. The first-order valence-corrected chi connectivity index (χ1v) is 9.60. The predicted octanol–water partition coefficient (Wildman–Crippen LogP) is 6.78. The van der Waals surface area contributed by atoms with Crippen molar-refractivity contribution in [3.63, 3.8) is 0 Å². The van der Waals surface area contributed by atoms with Crippen molar-refractivity contribution in [3.05, 3.63) is 77.5 Å². The molecule has 1 aromatic carbocycles. The van der Waals surface area contributed by atoms with Gasteiger partial charge in [-0.2, -0.15) is 31.4 Å². The summed E-state index contributed by atoms with van der Waals surface area (Å²) in [6, 6.07) is 2.52. The molecule has 0 spiro atoms. The van der Waals surface area contributed by atoms with Crippen molar-refractivity contribution in [1.29, 1.82) is 0 Å². The highest BCUT2D eigenvalue weighted by Gasteiger charge is 2.37. The number of aliphatic carboxylic acids is 1. The number of halogens is 6. The first-order chi connectivity index (χ1) is 15.3. The number of allylic oxidation sites excluding steroid dienone is 1. The molecule has 5 nitrogen and oxygen atoms in total. The first kappa shape index (κ1) is 25.8. The number of furan rings is 1. The number of carbonyl (C=O) groups is 1. The number of nitrogens with zero attached hydrogens (tertiary/aromatic N) is 2. The SMILES string of the molecule is CCC/C=C/N(/C=C(/C(=O)O)c1ccoc1)/N=C(\C)c1cc(C(F)(F)F)cc(C(F)(F)F)c1. The van der Waals surface area contributed by atoms with Crippen molar-refractivity contribution >= 4 is 17.3 Å². The van der Waals surface area contributed by atoms with Crippen LogP contribution >= 0.6 is 0 Å². The van der Waals surface area contributed by atoms with Crippen molar-refractivity contribution < 1.29 is 40.7 Å². The van der Waals surface area contributed by atoms with E-state index in [4.69, 9.17) is 4.42 Å². The van der Waals surface area contributed by atoms with Crippen LogP contribution in [0, 0.1) is 0 Å². The molecule has 0 aliphatic heterocycles. The summed E-state index contributed by atoms with van der Waals surface area (Å²) in [4.78, 5) is 11.7. The van der Waals surface area contributed by atoms with E-state index in [1.807, 2.05) is 6.92 Å². The zero-order valence-electron chi connectivity index (χ0n) is 17.5. The summed E-state index contributed by atoms with van der Waals surface area (Å²) in [5.74, 6) is -1.34. The zero-order chi connectivity index (χ0) is 24.8. The fourth-order valence-electron chi connectivity index (χ4n) is 2.65. The fourth-order valence-corrected chi connectivity index (χ4v) is 2.65. The van der Waals surface area contributed by atoms with Crippen LogP contribution in [-0.4, -0.2) is 21.8 Å². The maximum atomic E-state index is 13.2. The molecule has 2 rings (SSSR count). The van der Waals surface area contributed by atoms with Crippen LogP contribution in [0.15, 0.2) is 64.8 Å². The Labute approximate surface area is 185 Å². The average molecular weight is 474 g/mol. The number of alkyl halides is 6. The molecule has 11 heteroatoms. The predicted molar refractivity (Wildman–Crippen MR) is 109 cm³/mol. The minimum absolute atomic E-state index is 0.0248. The second-order valence-electron chi connectivity index (χ2n) is 6.89. The molecular formula is C22H20F6N2O3. The largest absolute Gasteiger partial charge is 0.478 e. The standard InChI is InChI=1S/C22H20F6N2O3/c1-3-4-5-7-30(12-19(20(31)32)15-6-8-33-13-15)29-14(2)16-9-17(21(23,24)25)11-18(10-16)22(26,27)28/h5-13H,3-4H2,1-2H3,(H,31,32)/b7-5+,19-12+,29-14+. The van der Waals surface area contributed by atoms with Crippen molar-refractivity contribution in [3.8, 4) is 0 Å². The number of hydrogen-bond acceptors (Lipinski definition) is 4. The van der Waals surface area contributed by atoms with E-state index in [9.17, 15) is 36.2 Å². The van der Waals surface area contributed by atoms with Crippen LogP contribution in [0.3, 0.4) is 0 Å². The molecule has 0 amide bonds. The highest BCUT2D eigenvalue weighted by atomic mass is 19.4. The molecule has 1 heterocycles. The van der Waals surface area contributed by atoms with Crippen LogP contribution in [0.5, 0.6) is 0 Å². The Kier molecular flexibility index (Phi) is 8.13. The first-order valence-electron chi connectivity index (χ1n) is 9.60. The Morgan fingerprint density at radius 1 is 1.09 bits per heavy atom. The van der Waals surface area contributed by atoms with E-state index in [0.717, 1.165) is 17.6 Å². The quantitative estimate of drug-likeness (QED) is 0.198. The van der Waals surface area contributed by atoms with Gasteiger partial charge in [-0.25, -0.2) is 9.80 Å². The third-order valence-electron chi connectivity index (χ3n) is 4.31. The Morgan fingerprint density at radius 2 is 1.70 bits per heavy atom. The Balaban J connectivity index is 2.60. The number of benzene rings is 1. The Bertz CT molecular complexity index is 1020. The van der Waals surface area contributed by atoms with Gasteiger partial charge in [-0.3, -0.25) is 0 Å². The molecule has 0 atom stereocenters. The smallest absolute Gasteiger partial charge is 0.416 e. The molecule has 33 heavy (non-hydrogen) atoms. The van der Waals surface area contributed by atoms with Gasteiger partial charge in [0.25, 0.3) is 0 Å². The molecule has 1 N–H and O–H groups in total. The van der Waals surface area contributed by atoms with Gasteiger partial charge in [0.05, 0.1) is 34.9 Å².